The number of rotatable bonds is 12. The van der Waals surface area contributed by atoms with Crippen molar-refractivity contribution in [3.05, 3.63) is 29.8 Å². The van der Waals surface area contributed by atoms with E-state index in [9.17, 15) is 5.11 Å². The van der Waals surface area contributed by atoms with Crippen LogP contribution in [0.15, 0.2) is 29.3 Å². The normalized spacial score (nSPS) is 12.4. The second kappa shape index (κ2) is 15.9. The number of hydrogen-bond acceptors (Lipinski definition) is 5. The van der Waals surface area contributed by atoms with Crippen molar-refractivity contribution in [2.45, 2.75) is 33.0 Å². The second-order valence-corrected chi connectivity index (χ2v) is 6.00. The topological polar surface area (TPSA) is 84.3 Å². The van der Waals surface area contributed by atoms with Gasteiger partial charge >= 0.3 is 0 Å². The fourth-order valence-corrected chi connectivity index (χ4v) is 2.15. The van der Waals surface area contributed by atoms with Gasteiger partial charge in [-0.05, 0) is 38.5 Å². The molecule has 1 unspecified atom stereocenters. The summed E-state index contributed by atoms with van der Waals surface area (Å²) in [6, 6.07) is 7.45. The Labute approximate surface area is 179 Å². The van der Waals surface area contributed by atoms with E-state index in [1.54, 1.807) is 7.11 Å². The summed E-state index contributed by atoms with van der Waals surface area (Å²) < 4.78 is 15.9. The number of guanidine groups is 1. The molecular weight excluding hydrogens is 461 g/mol. The first-order valence-electron chi connectivity index (χ1n) is 9.10. The van der Waals surface area contributed by atoms with Gasteiger partial charge in [0, 0.05) is 20.2 Å². The van der Waals surface area contributed by atoms with Crippen molar-refractivity contribution in [1.29, 1.82) is 0 Å². The highest BCUT2D eigenvalue weighted by Crippen LogP contribution is 2.19. The molecule has 8 heteroatoms. The molecule has 0 aliphatic carbocycles. The SMILES string of the molecule is CCNC(=NCC(O)c1ccc(OC(C)C)cc1)NCCOCCOC.I. The summed E-state index contributed by atoms with van der Waals surface area (Å²) in [6.07, 6.45) is -0.542. The number of aliphatic hydroxyl groups excluding tert-OH is 1. The first-order chi connectivity index (χ1) is 12.6. The van der Waals surface area contributed by atoms with Crippen LogP contribution in [0.5, 0.6) is 5.75 Å². The summed E-state index contributed by atoms with van der Waals surface area (Å²) in [4.78, 5) is 4.43. The number of methoxy groups -OCH3 is 1. The molecule has 0 bridgehead atoms. The number of benzene rings is 1. The van der Waals surface area contributed by atoms with Crippen LogP contribution in [0.4, 0.5) is 0 Å². The van der Waals surface area contributed by atoms with Gasteiger partial charge in [-0.3, -0.25) is 4.99 Å². The van der Waals surface area contributed by atoms with E-state index >= 15 is 0 Å². The van der Waals surface area contributed by atoms with Crippen LogP contribution in [-0.4, -0.2) is 63.7 Å². The molecule has 1 atom stereocenters. The average Bonchev–Trinajstić information content (AvgIpc) is 2.62. The lowest BCUT2D eigenvalue weighted by atomic mass is 10.1. The van der Waals surface area contributed by atoms with Crippen molar-refractivity contribution >= 4 is 29.9 Å². The number of aliphatic imine (C=N–C) groups is 1. The smallest absolute Gasteiger partial charge is 0.191 e. The van der Waals surface area contributed by atoms with Crippen LogP contribution in [0, 0.1) is 0 Å². The zero-order valence-electron chi connectivity index (χ0n) is 16.7. The molecule has 0 saturated carbocycles. The molecule has 0 aliphatic rings. The summed E-state index contributed by atoms with van der Waals surface area (Å²) in [5, 5.41) is 16.7. The summed E-state index contributed by atoms with van der Waals surface area (Å²) in [6.45, 7) is 9.32. The van der Waals surface area contributed by atoms with Crippen molar-refractivity contribution in [2.24, 2.45) is 4.99 Å². The maximum Gasteiger partial charge on any atom is 0.191 e. The molecule has 0 fully saturated rings. The number of nitrogens with one attached hydrogen (secondary N) is 2. The van der Waals surface area contributed by atoms with E-state index in [-0.39, 0.29) is 36.6 Å². The van der Waals surface area contributed by atoms with E-state index in [2.05, 4.69) is 15.6 Å². The highest BCUT2D eigenvalue weighted by atomic mass is 127. The summed E-state index contributed by atoms with van der Waals surface area (Å²) in [5.74, 6) is 1.45. The highest BCUT2D eigenvalue weighted by Gasteiger charge is 2.08. The largest absolute Gasteiger partial charge is 0.491 e. The Morgan fingerprint density at radius 3 is 2.41 bits per heavy atom. The minimum absolute atomic E-state index is 0. The van der Waals surface area contributed by atoms with Crippen molar-refractivity contribution in [2.75, 3.05) is 46.6 Å². The standard InChI is InChI=1S/C19H33N3O4.HI/c1-5-20-19(21-10-11-25-13-12-24-4)22-14-18(23)16-6-8-17(9-7-16)26-15(2)3;/h6-9,15,18,23H,5,10-14H2,1-4H3,(H2,20,21,22);1H. The third kappa shape index (κ3) is 12.1. The van der Waals surface area contributed by atoms with Crippen LogP contribution < -0.4 is 15.4 Å². The van der Waals surface area contributed by atoms with Crippen molar-refractivity contribution in [1.82, 2.24) is 10.6 Å². The lowest BCUT2D eigenvalue weighted by molar-refractivity contribution is 0.0733. The van der Waals surface area contributed by atoms with Gasteiger partial charge in [0.15, 0.2) is 5.96 Å². The predicted molar refractivity (Wildman–Crippen MR) is 119 cm³/mol. The Morgan fingerprint density at radius 1 is 1.11 bits per heavy atom. The summed E-state index contributed by atoms with van der Waals surface area (Å²) in [5.41, 5.74) is 0.809. The minimum atomic E-state index is -0.670. The Morgan fingerprint density at radius 2 is 1.81 bits per heavy atom. The van der Waals surface area contributed by atoms with E-state index in [0.29, 0.717) is 32.3 Å². The molecule has 3 N–H and O–H groups in total. The van der Waals surface area contributed by atoms with E-state index in [0.717, 1.165) is 17.9 Å². The maximum atomic E-state index is 10.3. The van der Waals surface area contributed by atoms with E-state index < -0.39 is 6.10 Å². The molecule has 156 valence electrons. The minimum Gasteiger partial charge on any atom is -0.491 e. The van der Waals surface area contributed by atoms with Crippen LogP contribution in [0.25, 0.3) is 0 Å². The van der Waals surface area contributed by atoms with Crippen LogP contribution in [0.1, 0.15) is 32.4 Å². The van der Waals surface area contributed by atoms with Crippen LogP contribution in [0.2, 0.25) is 0 Å². The monoisotopic (exact) mass is 495 g/mol. The molecule has 0 radical (unpaired) electrons. The van der Waals surface area contributed by atoms with Gasteiger partial charge in [-0.15, -0.1) is 24.0 Å². The third-order valence-corrected chi connectivity index (χ3v) is 3.37. The van der Waals surface area contributed by atoms with Crippen LogP contribution in [-0.2, 0) is 9.47 Å². The van der Waals surface area contributed by atoms with Crippen LogP contribution in [0.3, 0.4) is 0 Å². The van der Waals surface area contributed by atoms with Gasteiger partial charge in [0.25, 0.3) is 0 Å². The Kier molecular flexibility index (Phi) is 15.3. The fourth-order valence-electron chi connectivity index (χ4n) is 2.15. The van der Waals surface area contributed by atoms with Crippen LogP contribution >= 0.6 is 24.0 Å². The maximum absolute atomic E-state index is 10.3. The quantitative estimate of drug-likeness (QED) is 0.179. The van der Waals surface area contributed by atoms with Crippen molar-refractivity contribution in [3.63, 3.8) is 0 Å². The predicted octanol–water partition coefficient (Wildman–Crippen LogP) is 2.34. The number of nitrogens with zero attached hydrogens (tertiary/aromatic N) is 1. The Bertz CT molecular complexity index is 512. The number of ether oxygens (including phenoxy) is 3. The van der Waals surface area contributed by atoms with Crippen molar-refractivity contribution < 1.29 is 19.3 Å². The number of halogens is 1. The zero-order valence-corrected chi connectivity index (χ0v) is 19.1. The second-order valence-electron chi connectivity index (χ2n) is 6.00. The van der Waals surface area contributed by atoms with Gasteiger partial charge < -0.3 is 30.0 Å². The Hall–Kier alpha value is -1.10. The molecular formula is C19H34IN3O4. The molecule has 7 nitrogen and oxygen atoms in total. The molecule has 0 heterocycles. The molecule has 1 aromatic carbocycles. The zero-order chi connectivity index (χ0) is 19.2. The first-order valence-corrected chi connectivity index (χ1v) is 9.10. The van der Waals surface area contributed by atoms with Gasteiger partial charge in [-0.1, -0.05) is 12.1 Å². The van der Waals surface area contributed by atoms with Gasteiger partial charge in [0.1, 0.15) is 5.75 Å². The Balaban J connectivity index is 0.00000676. The van der Waals surface area contributed by atoms with Gasteiger partial charge in [-0.2, -0.15) is 0 Å². The molecule has 1 rings (SSSR count). The van der Waals surface area contributed by atoms with Gasteiger partial charge in [0.05, 0.1) is 38.6 Å². The van der Waals surface area contributed by atoms with Gasteiger partial charge in [-0.25, -0.2) is 0 Å². The lowest BCUT2D eigenvalue weighted by Crippen LogP contribution is -2.39. The molecule has 0 amide bonds. The average molecular weight is 495 g/mol. The van der Waals surface area contributed by atoms with Crippen molar-refractivity contribution in [3.8, 4) is 5.75 Å². The molecule has 0 saturated heterocycles. The molecule has 27 heavy (non-hydrogen) atoms. The molecule has 0 aromatic heterocycles. The summed E-state index contributed by atoms with van der Waals surface area (Å²) >= 11 is 0. The fraction of sp³-hybridized carbons (Fsp3) is 0.632. The molecule has 0 spiro atoms. The number of aliphatic hydroxyl groups is 1. The lowest BCUT2D eigenvalue weighted by Gasteiger charge is -2.14. The molecule has 1 aromatic rings. The summed E-state index contributed by atoms with van der Waals surface area (Å²) in [7, 11) is 1.65. The first kappa shape index (κ1) is 25.9. The molecule has 0 aliphatic heterocycles. The third-order valence-electron chi connectivity index (χ3n) is 3.37. The van der Waals surface area contributed by atoms with E-state index in [1.807, 2.05) is 45.0 Å². The number of hydrogen-bond donors (Lipinski definition) is 3. The van der Waals surface area contributed by atoms with E-state index in [1.165, 1.54) is 0 Å². The highest BCUT2D eigenvalue weighted by molar-refractivity contribution is 14.0. The van der Waals surface area contributed by atoms with E-state index in [4.69, 9.17) is 14.2 Å². The van der Waals surface area contributed by atoms with Gasteiger partial charge in [0.2, 0.25) is 0 Å².